The molecule has 3 heteroatoms. The van der Waals surface area contributed by atoms with Crippen molar-refractivity contribution in [1.82, 2.24) is 0 Å². The van der Waals surface area contributed by atoms with Crippen molar-refractivity contribution in [1.29, 1.82) is 0 Å². The molecule has 7 atom stereocenters. The van der Waals surface area contributed by atoms with Gasteiger partial charge in [-0.3, -0.25) is 4.79 Å². The molecule has 2 nitrogen and oxygen atoms in total. The van der Waals surface area contributed by atoms with Crippen LogP contribution >= 0.6 is 0 Å². The van der Waals surface area contributed by atoms with Crippen LogP contribution in [0.4, 0.5) is 0 Å². The van der Waals surface area contributed by atoms with Crippen LogP contribution in [0.3, 0.4) is 0 Å². The first-order chi connectivity index (χ1) is 11.6. The second-order valence-corrected chi connectivity index (χ2v) is 15.7. The topological polar surface area (TPSA) is 26.3 Å². The highest BCUT2D eigenvalue weighted by Gasteiger charge is 2.60. The molecule has 0 aromatic heterocycles. The first kappa shape index (κ1) is 18.2. The minimum Gasteiger partial charge on any atom is -0.415 e. The summed E-state index contributed by atoms with van der Waals surface area (Å²) in [7, 11) is -1.43. The monoisotopic (exact) mass is 362 g/mol. The van der Waals surface area contributed by atoms with Gasteiger partial charge in [0.2, 0.25) is 0 Å². The van der Waals surface area contributed by atoms with E-state index in [4.69, 9.17) is 4.43 Å². The second-order valence-electron chi connectivity index (χ2n) is 11.2. The third-order valence-corrected chi connectivity index (χ3v) is 9.89. The van der Waals surface area contributed by atoms with Crippen LogP contribution in [-0.4, -0.2) is 20.2 Å². The summed E-state index contributed by atoms with van der Waals surface area (Å²) in [5.41, 5.74) is 0.539. The number of fused-ring (bicyclic) bond motifs is 5. The first-order valence-electron chi connectivity index (χ1n) is 10.8. The van der Waals surface area contributed by atoms with Crippen molar-refractivity contribution in [3.63, 3.8) is 0 Å². The maximum absolute atomic E-state index is 12.5. The molecule has 0 unspecified atom stereocenters. The van der Waals surface area contributed by atoms with Crippen LogP contribution in [0.15, 0.2) is 0 Å². The van der Waals surface area contributed by atoms with Gasteiger partial charge in [-0.1, -0.05) is 13.8 Å². The molecule has 0 N–H and O–H groups in total. The maximum atomic E-state index is 12.5. The van der Waals surface area contributed by atoms with Gasteiger partial charge in [0.05, 0.1) is 0 Å². The van der Waals surface area contributed by atoms with Crippen LogP contribution in [0.25, 0.3) is 0 Å². The van der Waals surface area contributed by atoms with Crippen molar-refractivity contribution in [3.05, 3.63) is 0 Å². The number of hydrogen-bond donors (Lipinski definition) is 0. The Morgan fingerprint density at radius 1 is 0.960 bits per heavy atom. The summed E-state index contributed by atoms with van der Waals surface area (Å²) in [5.74, 6) is 3.80. The van der Waals surface area contributed by atoms with Gasteiger partial charge < -0.3 is 4.43 Å². The lowest BCUT2D eigenvalue weighted by Gasteiger charge is -2.60. The molecule has 0 aromatic rings. The van der Waals surface area contributed by atoms with Crippen molar-refractivity contribution in [2.75, 3.05) is 0 Å². The largest absolute Gasteiger partial charge is 0.415 e. The highest BCUT2D eigenvalue weighted by molar-refractivity contribution is 6.69. The Balaban J connectivity index is 1.52. The summed E-state index contributed by atoms with van der Waals surface area (Å²) in [5, 5.41) is 0. The Labute approximate surface area is 155 Å². The van der Waals surface area contributed by atoms with Gasteiger partial charge in [-0.2, -0.15) is 0 Å². The third-order valence-electron chi connectivity index (χ3n) is 8.85. The summed E-state index contributed by atoms with van der Waals surface area (Å²) >= 11 is 0. The minimum absolute atomic E-state index is 0.0303. The van der Waals surface area contributed by atoms with Gasteiger partial charge in [0.25, 0.3) is 0 Å². The molecule has 4 saturated carbocycles. The predicted octanol–water partition coefficient (Wildman–Crippen LogP) is 5.82. The summed E-state index contributed by atoms with van der Waals surface area (Å²) in [6, 6.07) is 0. The summed E-state index contributed by atoms with van der Waals surface area (Å²) in [4.78, 5) is 12.5. The van der Waals surface area contributed by atoms with Crippen LogP contribution in [0.2, 0.25) is 19.6 Å². The van der Waals surface area contributed by atoms with Crippen LogP contribution in [0, 0.1) is 34.5 Å². The van der Waals surface area contributed by atoms with E-state index >= 15 is 0 Å². The molecule has 0 heterocycles. The molecule has 4 fully saturated rings. The average molecular weight is 363 g/mol. The normalized spacial score (nSPS) is 50.1. The number of hydrogen-bond acceptors (Lipinski definition) is 2. The maximum Gasteiger partial charge on any atom is 0.184 e. The molecule has 0 saturated heterocycles. The van der Waals surface area contributed by atoms with Gasteiger partial charge in [-0.05, 0) is 100 Å². The lowest BCUT2D eigenvalue weighted by Crippen LogP contribution is -2.54. The smallest absolute Gasteiger partial charge is 0.184 e. The van der Waals surface area contributed by atoms with Gasteiger partial charge in [0, 0.05) is 17.9 Å². The van der Waals surface area contributed by atoms with Crippen LogP contribution < -0.4 is 0 Å². The van der Waals surface area contributed by atoms with Crippen molar-refractivity contribution in [2.24, 2.45) is 34.5 Å². The van der Waals surface area contributed by atoms with Gasteiger partial charge in [-0.25, -0.2) is 0 Å². The summed E-state index contributed by atoms with van der Waals surface area (Å²) < 4.78 is 6.50. The van der Waals surface area contributed by atoms with Crippen LogP contribution in [0.1, 0.15) is 71.6 Å². The molecule has 4 aliphatic carbocycles. The zero-order valence-electron chi connectivity index (χ0n) is 17.1. The number of rotatable bonds is 2. The Morgan fingerprint density at radius 3 is 2.44 bits per heavy atom. The quantitative estimate of drug-likeness (QED) is 0.579. The van der Waals surface area contributed by atoms with Gasteiger partial charge in [-0.15, -0.1) is 0 Å². The van der Waals surface area contributed by atoms with E-state index in [9.17, 15) is 4.79 Å². The van der Waals surface area contributed by atoms with Crippen LogP contribution in [-0.2, 0) is 9.22 Å². The van der Waals surface area contributed by atoms with E-state index in [-0.39, 0.29) is 5.41 Å². The fourth-order valence-electron chi connectivity index (χ4n) is 7.60. The van der Waals surface area contributed by atoms with E-state index in [1.807, 2.05) is 0 Å². The fraction of sp³-hybridized carbons (Fsp3) is 0.955. The minimum atomic E-state index is -1.43. The molecule has 0 amide bonds. The van der Waals surface area contributed by atoms with E-state index in [1.54, 1.807) is 0 Å². The van der Waals surface area contributed by atoms with Crippen molar-refractivity contribution >= 4 is 14.1 Å². The SMILES string of the molecule is C[C@]12CC[C@@H](O[Si](C)(C)C)C[C@@H]1CC[C@@H]1[C@@H]2CC[C@]2(C)C(=O)CC[C@@H]12. The highest BCUT2D eigenvalue weighted by Crippen LogP contribution is 2.65. The number of carbonyl (C=O) groups is 1. The van der Waals surface area contributed by atoms with E-state index in [1.165, 1.54) is 44.9 Å². The Bertz CT molecular complexity index is 553. The molecule has 0 radical (unpaired) electrons. The summed E-state index contributed by atoms with van der Waals surface area (Å²) in [6.07, 6.45) is 11.7. The van der Waals surface area contributed by atoms with E-state index < -0.39 is 8.32 Å². The molecule has 142 valence electrons. The molecule has 25 heavy (non-hydrogen) atoms. The fourth-order valence-corrected chi connectivity index (χ4v) is 8.81. The second kappa shape index (κ2) is 5.92. The van der Waals surface area contributed by atoms with Crippen LogP contribution in [0.5, 0.6) is 0 Å². The van der Waals surface area contributed by atoms with E-state index in [2.05, 4.69) is 33.5 Å². The molecule has 0 aromatic carbocycles. The summed E-state index contributed by atoms with van der Waals surface area (Å²) in [6.45, 7) is 11.9. The van der Waals surface area contributed by atoms with Crippen molar-refractivity contribution in [3.8, 4) is 0 Å². The number of ketones is 1. The van der Waals surface area contributed by atoms with E-state index in [0.717, 1.165) is 30.6 Å². The van der Waals surface area contributed by atoms with Crippen molar-refractivity contribution in [2.45, 2.75) is 97.4 Å². The highest BCUT2D eigenvalue weighted by atomic mass is 28.4. The van der Waals surface area contributed by atoms with Gasteiger partial charge in [0.15, 0.2) is 8.32 Å². The lowest BCUT2D eigenvalue weighted by atomic mass is 9.45. The lowest BCUT2D eigenvalue weighted by molar-refractivity contribution is -0.141. The molecule has 4 aliphatic rings. The Hall–Kier alpha value is -0.153. The molecule has 4 rings (SSSR count). The molecular formula is C22H38O2Si. The molecular weight excluding hydrogens is 324 g/mol. The number of Topliss-reactive ketones (excluding diaryl/α,β-unsaturated/α-hetero) is 1. The molecule has 0 bridgehead atoms. The van der Waals surface area contributed by atoms with Crippen molar-refractivity contribution < 1.29 is 9.22 Å². The standard InChI is InChI=1S/C22H38O2Si/c1-21-12-10-16(24-25(3,4)5)14-15(21)6-7-17-18-8-9-20(23)22(18,2)13-11-19(17)21/h15-19H,6-14H2,1-5H3/t15-,16+,17-,18-,19-,21-,22-/m0/s1. The van der Waals surface area contributed by atoms with Gasteiger partial charge in [0.1, 0.15) is 5.78 Å². The third kappa shape index (κ3) is 2.88. The zero-order chi connectivity index (χ0) is 18.0. The number of carbonyl (C=O) groups excluding carboxylic acids is 1. The van der Waals surface area contributed by atoms with E-state index in [0.29, 0.717) is 23.2 Å². The Morgan fingerprint density at radius 2 is 1.72 bits per heavy atom. The Kier molecular flexibility index (Phi) is 4.32. The first-order valence-corrected chi connectivity index (χ1v) is 14.3. The zero-order valence-corrected chi connectivity index (χ0v) is 18.1. The van der Waals surface area contributed by atoms with Gasteiger partial charge >= 0.3 is 0 Å². The molecule has 0 aliphatic heterocycles. The predicted molar refractivity (Wildman–Crippen MR) is 105 cm³/mol. The average Bonchev–Trinajstić information content (AvgIpc) is 2.82. The molecule has 0 spiro atoms.